The van der Waals surface area contributed by atoms with Crippen LogP contribution < -0.4 is 5.73 Å². The van der Waals surface area contributed by atoms with Gasteiger partial charge in [0.2, 0.25) is 0 Å². The molecule has 0 saturated carbocycles. The topological polar surface area (TPSA) is 26.0 Å². The maximum atomic E-state index is 6.28. The average molecular weight is 322 g/mol. The highest BCUT2D eigenvalue weighted by Gasteiger charge is 2.14. The molecule has 2 rings (SSSR count). The third-order valence-electron chi connectivity index (χ3n) is 3.86. The van der Waals surface area contributed by atoms with E-state index in [0.717, 1.165) is 12.0 Å². The zero-order valence-electron chi connectivity index (χ0n) is 12.4. The van der Waals surface area contributed by atoms with Crippen LogP contribution in [0.4, 0.5) is 0 Å². The maximum absolute atomic E-state index is 6.28. The van der Waals surface area contributed by atoms with E-state index in [9.17, 15) is 0 Å². The Kier molecular flexibility index (Phi) is 5.69. The molecule has 0 radical (unpaired) electrons. The standard InChI is InChI=1S/C18H21Cl2N/c1-12(2)13-6-8-14(9-7-13)16(11-21)10-15-4-3-5-17(19)18(15)20/h3-9,12,16H,10-11,21H2,1-2H3. The van der Waals surface area contributed by atoms with Crippen molar-refractivity contribution in [1.29, 1.82) is 0 Å². The molecule has 21 heavy (non-hydrogen) atoms. The Morgan fingerprint density at radius 1 is 0.952 bits per heavy atom. The summed E-state index contributed by atoms with van der Waals surface area (Å²) < 4.78 is 0. The summed E-state index contributed by atoms with van der Waals surface area (Å²) in [5.74, 6) is 0.792. The first-order chi connectivity index (χ1) is 10.0. The Morgan fingerprint density at radius 3 is 2.14 bits per heavy atom. The highest BCUT2D eigenvalue weighted by atomic mass is 35.5. The highest BCUT2D eigenvalue weighted by molar-refractivity contribution is 6.42. The van der Waals surface area contributed by atoms with Gasteiger partial charge in [-0.2, -0.15) is 0 Å². The van der Waals surface area contributed by atoms with E-state index in [2.05, 4.69) is 38.1 Å². The van der Waals surface area contributed by atoms with Crippen molar-refractivity contribution < 1.29 is 0 Å². The van der Waals surface area contributed by atoms with Gasteiger partial charge in [-0.05, 0) is 41.6 Å². The molecule has 0 bridgehead atoms. The molecule has 0 heterocycles. The molecule has 112 valence electrons. The Labute approximate surface area is 137 Å². The molecule has 0 aromatic heterocycles. The normalized spacial score (nSPS) is 12.7. The quantitative estimate of drug-likeness (QED) is 0.783. The number of rotatable bonds is 5. The van der Waals surface area contributed by atoms with E-state index < -0.39 is 0 Å². The van der Waals surface area contributed by atoms with E-state index in [-0.39, 0.29) is 5.92 Å². The maximum Gasteiger partial charge on any atom is 0.0624 e. The number of hydrogen-bond acceptors (Lipinski definition) is 1. The van der Waals surface area contributed by atoms with Gasteiger partial charge in [-0.3, -0.25) is 0 Å². The van der Waals surface area contributed by atoms with Crippen molar-refractivity contribution >= 4 is 23.2 Å². The van der Waals surface area contributed by atoms with Gasteiger partial charge in [-0.15, -0.1) is 0 Å². The molecule has 2 aromatic rings. The number of halogens is 2. The molecule has 1 atom stereocenters. The van der Waals surface area contributed by atoms with E-state index in [4.69, 9.17) is 28.9 Å². The molecule has 0 aliphatic heterocycles. The van der Waals surface area contributed by atoms with Crippen molar-refractivity contribution in [3.8, 4) is 0 Å². The summed E-state index contributed by atoms with van der Waals surface area (Å²) in [6.07, 6.45) is 0.802. The van der Waals surface area contributed by atoms with E-state index in [1.165, 1.54) is 11.1 Å². The van der Waals surface area contributed by atoms with Crippen LogP contribution >= 0.6 is 23.2 Å². The van der Waals surface area contributed by atoms with E-state index in [1.54, 1.807) is 0 Å². The summed E-state index contributed by atoms with van der Waals surface area (Å²) in [6.45, 7) is 4.98. The van der Waals surface area contributed by atoms with Crippen LogP contribution in [0.25, 0.3) is 0 Å². The number of hydrogen-bond donors (Lipinski definition) is 1. The number of benzene rings is 2. The van der Waals surface area contributed by atoms with Gasteiger partial charge in [0.15, 0.2) is 0 Å². The van der Waals surface area contributed by atoms with Gasteiger partial charge < -0.3 is 5.73 Å². The molecular formula is C18H21Cl2N. The smallest absolute Gasteiger partial charge is 0.0624 e. The number of nitrogens with two attached hydrogens (primary N) is 1. The Bertz CT molecular complexity index is 591. The van der Waals surface area contributed by atoms with Crippen LogP contribution in [0.2, 0.25) is 10.0 Å². The average Bonchev–Trinajstić information content (AvgIpc) is 2.49. The summed E-state index contributed by atoms with van der Waals surface area (Å²) in [4.78, 5) is 0. The Hall–Kier alpha value is -1.02. The third-order valence-corrected chi connectivity index (χ3v) is 4.71. The van der Waals surface area contributed by atoms with Gasteiger partial charge >= 0.3 is 0 Å². The van der Waals surface area contributed by atoms with Crippen LogP contribution in [0.3, 0.4) is 0 Å². The molecule has 2 aromatic carbocycles. The predicted molar refractivity (Wildman–Crippen MR) is 92.5 cm³/mol. The van der Waals surface area contributed by atoms with Crippen LogP contribution in [0.15, 0.2) is 42.5 Å². The second-order valence-corrected chi connectivity index (χ2v) is 6.46. The van der Waals surface area contributed by atoms with Crippen LogP contribution in [0.5, 0.6) is 0 Å². The molecular weight excluding hydrogens is 301 g/mol. The monoisotopic (exact) mass is 321 g/mol. The molecule has 0 aliphatic rings. The van der Waals surface area contributed by atoms with Gasteiger partial charge in [0.1, 0.15) is 0 Å². The fraction of sp³-hybridized carbons (Fsp3) is 0.333. The van der Waals surface area contributed by atoms with Crippen LogP contribution in [0, 0.1) is 0 Å². The zero-order chi connectivity index (χ0) is 15.4. The van der Waals surface area contributed by atoms with Crippen molar-refractivity contribution in [2.24, 2.45) is 5.73 Å². The Morgan fingerprint density at radius 2 is 1.57 bits per heavy atom. The molecule has 3 heteroatoms. The lowest BCUT2D eigenvalue weighted by molar-refractivity contribution is 0.693. The summed E-state index contributed by atoms with van der Waals surface area (Å²) in [6, 6.07) is 14.5. The van der Waals surface area contributed by atoms with Gasteiger partial charge in [0, 0.05) is 5.92 Å². The first-order valence-corrected chi connectivity index (χ1v) is 8.01. The molecule has 1 unspecified atom stereocenters. The van der Waals surface area contributed by atoms with Gasteiger partial charge in [-0.25, -0.2) is 0 Å². The van der Waals surface area contributed by atoms with Crippen molar-refractivity contribution in [2.45, 2.75) is 32.1 Å². The third kappa shape index (κ3) is 4.00. The lowest BCUT2D eigenvalue weighted by atomic mass is 9.90. The molecule has 1 nitrogen and oxygen atoms in total. The summed E-state index contributed by atoms with van der Waals surface area (Å²) in [7, 11) is 0. The van der Waals surface area contributed by atoms with Crippen LogP contribution in [-0.4, -0.2) is 6.54 Å². The van der Waals surface area contributed by atoms with E-state index >= 15 is 0 Å². The molecule has 0 spiro atoms. The molecule has 0 saturated heterocycles. The summed E-state index contributed by atoms with van der Waals surface area (Å²) in [5.41, 5.74) is 9.60. The molecule has 0 aliphatic carbocycles. The molecule has 0 fully saturated rings. The second kappa shape index (κ2) is 7.31. The summed E-state index contributed by atoms with van der Waals surface area (Å²) >= 11 is 12.4. The van der Waals surface area contributed by atoms with Gasteiger partial charge in [0.25, 0.3) is 0 Å². The minimum atomic E-state index is 0.252. The minimum absolute atomic E-state index is 0.252. The molecule has 2 N–H and O–H groups in total. The fourth-order valence-electron chi connectivity index (χ4n) is 2.46. The first-order valence-electron chi connectivity index (χ1n) is 7.25. The Balaban J connectivity index is 2.21. The van der Waals surface area contributed by atoms with E-state index in [0.29, 0.717) is 22.5 Å². The largest absolute Gasteiger partial charge is 0.330 e. The predicted octanol–water partition coefficient (Wildman–Crippen LogP) is 5.40. The first kappa shape index (κ1) is 16.4. The minimum Gasteiger partial charge on any atom is -0.330 e. The zero-order valence-corrected chi connectivity index (χ0v) is 14.0. The van der Waals surface area contributed by atoms with Crippen LogP contribution in [-0.2, 0) is 6.42 Å². The lowest BCUT2D eigenvalue weighted by Gasteiger charge is -2.17. The fourth-order valence-corrected chi connectivity index (χ4v) is 2.86. The SMILES string of the molecule is CC(C)c1ccc(C(CN)Cc2cccc(Cl)c2Cl)cc1. The second-order valence-electron chi connectivity index (χ2n) is 5.67. The lowest BCUT2D eigenvalue weighted by Crippen LogP contribution is -2.15. The van der Waals surface area contributed by atoms with Crippen molar-refractivity contribution in [2.75, 3.05) is 6.54 Å². The summed E-state index contributed by atoms with van der Waals surface area (Å²) in [5, 5.41) is 1.23. The van der Waals surface area contributed by atoms with Crippen molar-refractivity contribution in [3.63, 3.8) is 0 Å². The van der Waals surface area contributed by atoms with Gasteiger partial charge in [-0.1, -0.05) is 73.4 Å². The highest BCUT2D eigenvalue weighted by Crippen LogP contribution is 2.30. The van der Waals surface area contributed by atoms with Crippen molar-refractivity contribution in [3.05, 3.63) is 69.2 Å². The van der Waals surface area contributed by atoms with Crippen LogP contribution in [0.1, 0.15) is 42.4 Å². The molecule has 0 amide bonds. The van der Waals surface area contributed by atoms with Gasteiger partial charge in [0.05, 0.1) is 10.0 Å². The van der Waals surface area contributed by atoms with Crippen molar-refractivity contribution in [1.82, 2.24) is 0 Å². The van der Waals surface area contributed by atoms with E-state index in [1.807, 2.05) is 18.2 Å².